The van der Waals surface area contributed by atoms with Crippen LogP contribution in [0.5, 0.6) is 11.5 Å². The molecule has 6 nitrogen and oxygen atoms in total. The second-order valence-corrected chi connectivity index (χ2v) is 9.09. The van der Waals surface area contributed by atoms with Crippen LogP contribution in [0.1, 0.15) is 11.1 Å². The highest BCUT2D eigenvalue weighted by Gasteiger charge is 2.34. The third-order valence-corrected chi connectivity index (χ3v) is 6.39. The van der Waals surface area contributed by atoms with Crippen LogP contribution in [0.2, 0.25) is 0 Å². The summed E-state index contributed by atoms with van der Waals surface area (Å²) in [5.74, 6) is 0.692. The molecule has 8 heteroatoms. The molecule has 3 aromatic rings. The fraction of sp³-hybridized carbons (Fsp3) is 0.115. The second kappa shape index (κ2) is 10.5. The maximum atomic E-state index is 13.0. The summed E-state index contributed by atoms with van der Waals surface area (Å²) < 4.78 is 11.4. The van der Waals surface area contributed by atoms with Gasteiger partial charge in [0.1, 0.15) is 11.5 Å². The standard InChI is InChI=1S/C26H22N2O4S2/c1-17-7-3-4-8-20(17)27-24(29)16-32-19-13-11-18(12-14-19)15-23-25(30)28(26(33)34-23)21-9-5-6-10-22(21)31-2/h3-15H,16H2,1-2H3,(H,27,29). The third kappa shape index (κ3) is 5.30. The number of rotatable bonds is 7. The van der Waals surface area contributed by atoms with Gasteiger partial charge in [-0.3, -0.25) is 14.5 Å². The summed E-state index contributed by atoms with van der Waals surface area (Å²) in [7, 11) is 1.56. The van der Waals surface area contributed by atoms with E-state index in [4.69, 9.17) is 21.7 Å². The van der Waals surface area contributed by atoms with E-state index in [9.17, 15) is 9.59 Å². The Balaban J connectivity index is 1.40. The maximum Gasteiger partial charge on any atom is 0.270 e. The highest BCUT2D eigenvalue weighted by molar-refractivity contribution is 8.27. The van der Waals surface area contributed by atoms with E-state index in [-0.39, 0.29) is 18.4 Å². The average molecular weight is 491 g/mol. The van der Waals surface area contributed by atoms with E-state index in [0.717, 1.165) is 16.8 Å². The van der Waals surface area contributed by atoms with Crippen molar-refractivity contribution in [3.8, 4) is 11.5 Å². The number of nitrogens with zero attached hydrogens (tertiary/aromatic N) is 1. The Morgan fingerprint density at radius 1 is 1.06 bits per heavy atom. The van der Waals surface area contributed by atoms with Gasteiger partial charge >= 0.3 is 0 Å². The SMILES string of the molecule is COc1ccccc1N1C(=O)C(=Cc2ccc(OCC(=O)Nc3ccccc3C)cc2)SC1=S. The first-order valence-electron chi connectivity index (χ1n) is 10.5. The van der Waals surface area contributed by atoms with Crippen molar-refractivity contribution >= 4 is 57.6 Å². The molecule has 34 heavy (non-hydrogen) atoms. The van der Waals surface area contributed by atoms with Crippen molar-refractivity contribution in [2.45, 2.75) is 6.92 Å². The molecule has 0 aromatic heterocycles. The Morgan fingerprint density at radius 2 is 1.76 bits per heavy atom. The Labute approximate surface area is 207 Å². The first-order chi connectivity index (χ1) is 16.5. The van der Waals surface area contributed by atoms with Crippen LogP contribution in [0.25, 0.3) is 6.08 Å². The number of carbonyl (C=O) groups excluding carboxylic acids is 2. The number of para-hydroxylation sites is 3. The fourth-order valence-electron chi connectivity index (χ4n) is 3.35. The molecule has 4 rings (SSSR count). The van der Waals surface area contributed by atoms with E-state index in [1.165, 1.54) is 16.7 Å². The molecule has 1 saturated heterocycles. The summed E-state index contributed by atoms with van der Waals surface area (Å²) in [5.41, 5.74) is 3.18. The molecule has 2 amide bonds. The van der Waals surface area contributed by atoms with Crippen LogP contribution >= 0.6 is 24.0 Å². The molecule has 0 spiro atoms. The van der Waals surface area contributed by atoms with Crippen LogP contribution in [0.4, 0.5) is 11.4 Å². The number of methoxy groups -OCH3 is 1. The van der Waals surface area contributed by atoms with Crippen molar-refractivity contribution in [2.24, 2.45) is 0 Å². The number of aryl methyl sites for hydroxylation is 1. The first kappa shape index (κ1) is 23.5. The number of benzene rings is 3. The van der Waals surface area contributed by atoms with E-state index in [1.807, 2.05) is 55.5 Å². The summed E-state index contributed by atoms with van der Waals surface area (Å²) in [5, 5.41) is 2.84. The van der Waals surface area contributed by atoms with Gasteiger partial charge in [-0.2, -0.15) is 0 Å². The van der Waals surface area contributed by atoms with E-state index in [2.05, 4.69) is 5.32 Å². The maximum absolute atomic E-state index is 13.0. The van der Waals surface area contributed by atoms with Crippen LogP contribution in [0, 0.1) is 6.92 Å². The van der Waals surface area contributed by atoms with Crippen molar-refractivity contribution in [3.05, 3.63) is 88.8 Å². The molecule has 0 saturated carbocycles. The second-order valence-electron chi connectivity index (χ2n) is 7.41. The molecule has 1 aliphatic rings. The Hall–Kier alpha value is -3.62. The Bertz CT molecular complexity index is 1270. The van der Waals surface area contributed by atoms with Gasteiger partial charge in [0.2, 0.25) is 0 Å². The normalized spacial score (nSPS) is 14.4. The molecule has 1 N–H and O–H groups in total. The largest absolute Gasteiger partial charge is 0.495 e. The van der Waals surface area contributed by atoms with Crippen molar-refractivity contribution in [2.75, 3.05) is 23.9 Å². The highest BCUT2D eigenvalue weighted by Crippen LogP contribution is 2.39. The van der Waals surface area contributed by atoms with E-state index >= 15 is 0 Å². The predicted octanol–water partition coefficient (Wildman–Crippen LogP) is 5.43. The van der Waals surface area contributed by atoms with Crippen LogP contribution in [-0.4, -0.2) is 29.9 Å². The molecule has 0 bridgehead atoms. The first-order valence-corrected chi connectivity index (χ1v) is 11.7. The average Bonchev–Trinajstić information content (AvgIpc) is 3.12. The Morgan fingerprint density at radius 3 is 2.50 bits per heavy atom. The molecule has 1 fully saturated rings. The zero-order chi connectivity index (χ0) is 24.1. The lowest BCUT2D eigenvalue weighted by Gasteiger charge is -2.17. The number of hydrogen-bond acceptors (Lipinski definition) is 6. The number of ether oxygens (including phenoxy) is 2. The molecule has 1 heterocycles. The molecule has 0 radical (unpaired) electrons. The summed E-state index contributed by atoms with van der Waals surface area (Å²) in [6, 6.07) is 22.0. The summed E-state index contributed by atoms with van der Waals surface area (Å²) >= 11 is 6.69. The summed E-state index contributed by atoms with van der Waals surface area (Å²) in [6.45, 7) is 1.82. The summed E-state index contributed by atoms with van der Waals surface area (Å²) in [6.07, 6.45) is 1.78. The van der Waals surface area contributed by atoms with Gasteiger partial charge in [-0.25, -0.2) is 0 Å². The minimum Gasteiger partial charge on any atom is -0.495 e. The predicted molar refractivity (Wildman–Crippen MR) is 140 cm³/mol. The van der Waals surface area contributed by atoms with Gasteiger partial charge in [-0.1, -0.05) is 66.4 Å². The smallest absolute Gasteiger partial charge is 0.270 e. The zero-order valence-corrected chi connectivity index (χ0v) is 20.2. The number of nitrogens with one attached hydrogen (secondary N) is 1. The zero-order valence-electron chi connectivity index (χ0n) is 18.6. The molecular weight excluding hydrogens is 468 g/mol. The van der Waals surface area contributed by atoms with Gasteiger partial charge in [0, 0.05) is 5.69 Å². The van der Waals surface area contributed by atoms with Gasteiger partial charge < -0.3 is 14.8 Å². The van der Waals surface area contributed by atoms with Crippen LogP contribution in [0.15, 0.2) is 77.7 Å². The molecule has 0 aliphatic carbocycles. The third-order valence-electron chi connectivity index (χ3n) is 5.09. The van der Waals surface area contributed by atoms with E-state index in [1.54, 1.807) is 37.5 Å². The van der Waals surface area contributed by atoms with Crippen molar-refractivity contribution in [3.63, 3.8) is 0 Å². The van der Waals surface area contributed by atoms with Crippen LogP contribution in [-0.2, 0) is 9.59 Å². The molecule has 0 atom stereocenters. The molecule has 1 aliphatic heterocycles. The number of thioether (sulfide) groups is 1. The van der Waals surface area contributed by atoms with Crippen molar-refractivity contribution in [1.82, 2.24) is 0 Å². The minimum atomic E-state index is -0.238. The lowest BCUT2D eigenvalue weighted by atomic mass is 10.2. The van der Waals surface area contributed by atoms with Crippen molar-refractivity contribution in [1.29, 1.82) is 0 Å². The van der Waals surface area contributed by atoms with Gasteiger partial charge in [0.15, 0.2) is 10.9 Å². The van der Waals surface area contributed by atoms with Gasteiger partial charge in [0.05, 0.1) is 17.7 Å². The Kier molecular flexibility index (Phi) is 7.30. The van der Waals surface area contributed by atoms with E-state index in [0.29, 0.717) is 26.4 Å². The topological polar surface area (TPSA) is 67.9 Å². The number of anilines is 2. The number of amides is 2. The van der Waals surface area contributed by atoms with Crippen molar-refractivity contribution < 1.29 is 19.1 Å². The lowest BCUT2D eigenvalue weighted by molar-refractivity contribution is -0.118. The number of carbonyl (C=O) groups is 2. The number of thiocarbonyl (C=S) groups is 1. The fourth-order valence-corrected chi connectivity index (χ4v) is 4.63. The van der Waals surface area contributed by atoms with Gasteiger partial charge in [0.25, 0.3) is 11.8 Å². The molecule has 3 aromatic carbocycles. The monoisotopic (exact) mass is 490 g/mol. The number of hydrogen-bond donors (Lipinski definition) is 1. The van der Waals surface area contributed by atoms with Gasteiger partial charge in [-0.15, -0.1) is 0 Å². The van der Waals surface area contributed by atoms with E-state index < -0.39 is 0 Å². The quantitative estimate of drug-likeness (QED) is 0.352. The van der Waals surface area contributed by atoms with Gasteiger partial charge in [-0.05, 0) is 54.5 Å². The molecular formula is C26H22N2O4S2. The highest BCUT2D eigenvalue weighted by atomic mass is 32.2. The minimum absolute atomic E-state index is 0.106. The molecule has 172 valence electrons. The van der Waals surface area contributed by atoms with Crippen LogP contribution in [0.3, 0.4) is 0 Å². The van der Waals surface area contributed by atoms with Crippen LogP contribution < -0.4 is 19.7 Å². The summed E-state index contributed by atoms with van der Waals surface area (Å²) in [4.78, 5) is 27.2. The molecule has 0 unspecified atom stereocenters. The lowest BCUT2D eigenvalue weighted by Crippen LogP contribution is -2.27.